The first-order valence-corrected chi connectivity index (χ1v) is 9.44. The van der Waals surface area contributed by atoms with E-state index in [1.54, 1.807) is 0 Å². The van der Waals surface area contributed by atoms with E-state index >= 15 is 0 Å². The van der Waals surface area contributed by atoms with E-state index in [-0.39, 0.29) is 6.03 Å². The molecule has 2 amide bonds. The van der Waals surface area contributed by atoms with Gasteiger partial charge >= 0.3 is 6.03 Å². The van der Waals surface area contributed by atoms with Gasteiger partial charge in [-0.05, 0) is 43.2 Å². The van der Waals surface area contributed by atoms with Crippen molar-refractivity contribution in [3.05, 3.63) is 71.8 Å². The van der Waals surface area contributed by atoms with Gasteiger partial charge in [0.1, 0.15) is 0 Å². The molecule has 0 aliphatic carbocycles. The number of aryl methyl sites for hydroxylation is 2. The number of carbonyl (C=O) groups is 1. The Morgan fingerprint density at radius 2 is 1.12 bits per heavy atom. The minimum Gasteiger partial charge on any atom is -0.325 e. The van der Waals surface area contributed by atoms with Crippen LogP contribution in [0.15, 0.2) is 60.7 Å². The van der Waals surface area contributed by atoms with Crippen LogP contribution in [0.4, 0.5) is 4.79 Å². The van der Waals surface area contributed by atoms with Gasteiger partial charge in [0.25, 0.3) is 0 Å². The molecule has 1 heterocycles. The summed E-state index contributed by atoms with van der Waals surface area (Å²) in [5.74, 6) is 0. The van der Waals surface area contributed by atoms with Gasteiger partial charge in [-0.3, -0.25) is 0 Å². The molecule has 0 atom stereocenters. The molecule has 0 aromatic heterocycles. The fraction of sp³-hybridized carbons (Fsp3) is 0.409. The lowest BCUT2D eigenvalue weighted by Crippen LogP contribution is -2.49. The molecule has 2 aromatic carbocycles. The number of rotatable bonds is 8. The molecule has 1 saturated heterocycles. The third-order valence-corrected chi connectivity index (χ3v) is 4.87. The van der Waals surface area contributed by atoms with Crippen molar-refractivity contribution >= 4 is 6.03 Å². The molecule has 3 rings (SSSR count). The summed E-state index contributed by atoms with van der Waals surface area (Å²) in [6.07, 6.45) is 5.24. The molecule has 0 N–H and O–H groups in total. The second kappa shape index (κ2) is 9.26. The lowest BCUT2D eigenvalue weighted by molar-refractivity contribution is 0.128. The van der Waals surface area contributed by atoms with Crippen molar-refractivity contribution in [3.63, 3.8) is 0 Å². The smallest absolute Gasteiger partial charge is 0.319 e. The molecule has 1 aliphatic rings. The second-order valence-electron chi connectivity index (χ2n) is 6.79. The summed E-state index contributed by atoms with van der Waals surface area (Å²) in [5, 5.41) is 0. The van der Waals surface area contributed by atoms with E-state index in [9.17, 15) is 4.79 Å². The van der Waals surface area contributed by atoms with Crippen molar-refractivity contribution in [2.24, 2.45) is 0 Å². The van der Waals surface area contributed by atoms with E-state index in [2.05, 4.69) is 48.5 Å². The van der Waals surface area contributed by atoms with Crippen LogP contribution in [0.1, 0.15) is 30.4 Å². The molecule has 3 nitrogen and oxygen atoms in total. The highest BCUT2D eigenvalue weighted by atomic mass is 16.2. The van der Waals surface area contributed by atoms with Gasteiger partial charge in [0.2, 0.25) is 0 Å². The predicted octanol–water partition coefficient (Wildman–Crippen LogP) is 4.38. The number of amides is 2. The number of hydrogen-bond acceptors (Lipinski definition) is 1. The van der Waals surface area contributed by atoms with E-state index in [0.29, 0.717) is 0 Å². The zero-order valence-corrected chi connectivity index (χ0v) is 14.9. The molecule has 0 spiro atoms. The molecule has 0 unspecified atom stereocenters. The zero-order valence-electron chi connectivity index (χ0n) is 14.9. The molecule has 0 bridgehead atoms. The van der Waals surface area contributed by atoms with Crippen molar-refractivity contribution in [2.45, 2.75) is 32.1 Å². The van der Waals surface area contributed by atoms with E-state index in [0.717, 1.165) is 58.3 Å². The van der Waals surface area contributed by atoms with E-state index in [1.165, 1.54) is 11.1 Å². The first-order chi connectivity index (χ1) is 12.3. The topological polar surface area (TPSA) is 23.6 Å². The minimum absolute atomic E-state index is 0.229. The maximum atomic E-state index is 12.7. The summed E-state index contributed by atoms with van der Waals surface area (Å²) < 4.78 is 0. The number of benzene rings is 2. The zero-order chi connectivity index (χ0) is 17.3. The first kappa shape index (κ1) is 17.5. The summed E-state index contributed by atoms with van der Waals surface area (Å²) in [5.41, 5.74) is 2.71. The molecule has 0 radical (unpaired) electrons. The normalized spacial score (nSPS) is 14.8. The summed E-state index contributed by atoms with van der Waals surface area (Å²) in [7, 11) is 0. The quantitative estimate of drug-likeness (QED) is 0.702. The van der Waals surface area contributed by atoms with Crippen LogP contribution >= 0.6 is 0 Å². The Labute approximate surface area is 151 Å². The Kier molecular flexibility index (Phi) is 6.49. The molecule has 2 aromatic rings. The highest BCUT2D eigenvalue weighted by molar-refractivity contribution is 5.75. The fourth-order valence-corrected chi connectivity index (χ4v) is 3.50. The third kappa shape index (κ3) is 5.35. The summed E-state index contributed by atoms with van der Waals surface area (Å²) >= 11 is 0. The number of nitrogens with zero attached hydrogens (tertiary/aromatic N) is 2. The molecule has 0 saturated carbocycles. The van der Waals surface area contributed by atoms with Gasteiger partial charge in [0, 0.05) is 26.2 Å². The fourth-order valence-electron chi connectivity index (χ4n) is 3.50. The van der Waals surface area contributed by atoms with Gasteiger partial charge in [0.05, 0.1) is 0 Å². The van der Waals surface area contributed by atoms with Crippen LogP contribution in [-0.4, -0.2) is 42.0 Å². The average Bonchev–Trinajstić information content (AvgIpc) is 2.66. The Bertz CT molecular complexity index is 586. The molecule has 1 fully saturated rings. The lowest BCUT2D eigenvalue weighted by Gasteiger charge is -2.35. The van der Waals surface area contributed by atoms with Crippen LogP contribution in [0.2, 0.25) is 0 Å². The van der Waals surface area contributed by atoms with Crippen molar-refractivity contribution in [1.29, 1.82) is 0 Å². The number of carbonyl (C=O) groups excluding carboxylic acids is 1. The van der Waals surface area contributed by atoms with Crippen LogP contribution in [0.5, 0.6) is 0 Å². The number of hydrogen-bond donors (Lipinski definition) is 0. The molecular formula is C22H28N2O. The van der Waals surface area contributed by atoms with Crippen molar-refractivity contribution in [3.8, 4) is 0 Å². The third-order valence-electron chi connectivity index (χ3n) is 4.87. The van der Waals surface area contributed by atoms with Gasteiger partial charge in [0.15, 0.2) is 0 Å². The average molecular weight is 336 g/mol. The first-order valence-electron chi connectivity index (χ1n) is 9.44. The molecule has 25 heavy (non-hydrogen) atoms. The van der Waals surface area contributed by atoms with E-state index in [4.69, 9.17) is 0 Å². The van der Waals surface area contributed by atoms with Crippen molar-refractivity contribution in [2.75, 3.05) is 26.2 Å². The van der Waals surface area contributed by atoms with Crippen LogP contribution < -0.4 is 0 Å². The Morgan fingerprint density at radius 1 is 0.680 bits per heavy atom. The van der Waals surface area contributed by atoms with E-state index in [1.807, 2.05) is 21.9 Å². The molecular weight excluding hydrogens is 308 g/mol. The Balaban J connectivity index is 1.41. The van der Waals surface area contributed by atoms with E-state index < -0.39 is 0 Å². The van der Waals surface area contributed by atoms with Crippen molar-refractivity contribution in [1.82, 2.24) is 9.80 Å². The standard InChI is InChI=1S/C22H28N2O/c25-22-23(16-7-14-20-10-3-1-4-11-20)18-9-19-24(22)17-8-15-21-12-5-2-6-13-21/h1-6,10-13H,7-9,14-19H2. The molecule has 132 valence electrons. The maximum absolute atomic E-state index is 12.7. The monoisotopic (exact) mass is 336 g/mol. The van der Waals surface area contributed by atoms with Crippen LogP contribution in [0.3, 0.4) is 0 Å². The minimum atomic E-state index is 0.229. The summed E-state index contributed by atoms with van der Waals surface area (Å²) in [6, 6.07) is 21.3. The largest absolute Gasteiger partial charge is 0.325 e. The van der Waals surface area contributed by atoms with Gasteiger partial charge in [-0.2, -0.15) is 0 Å². The Morgan fingerprint density at radius 3 is 1.56 bits per heavy atom. The Hall–Kier alpha value is -2.29. The molecule has 3 heteroatoms. The van der Waals surface area contributed by atoms with Crippen molar-refractivity contribution < 1.29 is 4.79 Å². The highest BCUT2D eigenvalue weighted by Gasteiger charge is 2.24. The van der Waals surface area contributed by atoms with Gasteiger partial charge < -0.3 is 9.80 Å². The highest BCUT2D eigenvalue weighted by Crippen LogP contribution is 2.13. The SMILES string of the molecule is O=C1N(CCCc2ccccc2)CCCN1CCCc1ccccc1. The van der Waals surface area contributed by atoms with Gasteiger partial charge in [-0.15, -0.1) is 0 Å². The predicted molar refractivity (Wildman–Crippen MR) is 103 cm³/mol. The molecule has 1 aliphatic heterocycles. The number of urea groups is 1. The summed E-state index contributed by atoms with van der Waals surface area (Å²) in [6.45, 7) is 3.54. The van der Waals surface area contributed by atoms with Crippen LogP contribution in [0.25, 0.3) is 0 Å². The second-order valence-corrected chi connectivity index (χ2v) is 6.79. The van der Waals surface area contributed by atoms with Gasteiger partial charge in [-0.25, -0.2) is 4.79 Å². The van der Waals surface area contributed by atoms with Crippen LogP contribution in [0, 0.1) is 0 Å². The maximum Gasteiger partial charge on any atom is 0.319 e. The van der Waals surface area contributed by atoms with Gasteiger partial charge in [-0.1, -0.05) is 60.7 Å². The van der Waals surface area contributed by atoms with Crippen LogP contribution in [-0.2, 0) is 12.8 Å². The summed E-state index contributed by atoms with van der Waals surface area (Å²) in [4.78, 5) is 16.7. The lowest BCUT2D eigenvalue weighted by atomic mass is 10.1.